The van der Waals surface area contributed by atoms with E-state index in [1.165, 1.54) is 0 Å². The molecule has 0 heterocycles. The Bertz CT molecular complexity index is 774. The van der Waals surface area contributed by atoms with E-state index < -0.39 is 6.04 Å². The van der Waals surface area contributed by atoms with E-state index in [1.807, 2.05) is 75.4 Å². The second-order valence-electron chi connectivity index (χ2n) is 7.27. The molecule has 156 valence electrons. The van der Waals surface area contributed by atoms with Crippen LogP contribution >= 0.6 is 0 Å². The van der Waals surface area contributed by atoms with Crippen LogP contribution < -0.4 is 10.1 Å². The van der Waals surface area contributed by atoms with Gasteiger partial charge in [-0.3, -0.25) is 9.59 Å². The minimum absolute atomic E-state index is 0.0573. The van der Waals surface area contributed by atoms with Crippen molar-refractivity contribution >= 4 is 11.8 Å². The average Bonchev–Trinajstić information content (AvgIpc) is 2.74. The fraction of sp³-hybridized carbons (Fsp3) is 0.417. The molecule has 2 amide bonds. The fourth-order valence-corrected chi connectivity index (χ4v) is 3.16. The van der Waals surface area contributed by atoms with Crippen LogP contribution in [0.4, 0.5) is 0 Å². The van der Waals surface area contributed by atoms with E-state index in [2.05, 4.69) is 5.32 Å². The van der Waals surface area contributed by atoms with Gasteiger partial charge < -0.3 is 15.0 Å². The molecule has 0 radical (unpaired) electrons. The molecule has 0 aromatic heterocycles. The highest BCUT2D eigenvalue weighted by molar-refractivity contribution is 5.88. The Balaban J connectivity index is 2.26. The third kappa shape index (κ3) is 6.63. The Kier molecular flexibility index (Phi) is 8.71. The molecule has 0 fully saturated rings. The molecule has 0 aliphatic rings. The van der Waals surface area contributed by atoms with Crippen LogP contribution in [0, 0.1) is 0 Å². The minimum atomic E-state index is -0.512. The average molecular weight is 397 g/mol. The van der Waals surface area contributed by atoms with Gasteiger partial charge in [0.25, 0.3) is 0 Å². The smallest absolute Gasteiger partial charge is 0.243 e. The molecule has 5 heteroatoms. The molecule has 29 heavy (non-hydrogen) atoms. The summed E-state index contributed by atoms with van der Waals surface area (Å²) in [6.07, 6.45) is 1.67. The van der Waals surface area contributed by atoms with Crippen molar-refractivity contribution in [1.29, 1.82) is 0 Å². The molecule has 0 saturated carbocycles. The van der Waals surface area contributed by atoms with E-state index in [1.54, 1.807) is 12.0 Å². The van der Waals surface area contributed by atoms with Crippen molar-refractivity contribution in [3.63, 3.8) is 0 Å². The Labute approximate surface area is 174 Å². The third-order valence-corrected chi connectivity index (χ3v) is 5.10. The van der Waals surface area contributed by atoms with Crippen LogP contribution in [0.1, 0.15) is 44.7 Å². The van der Waals surface area contributed by atoms with Gasteiger partial charge in [-0.15, -0.1) is 0 Å². The molecule has 0 aliphatic heterocycles. The highest BCUT2D eigenvalue weighted by Gasteiger charge is 2.29. The summed E-state index contributed by atoms with van der Waals surface area (Å²) in [5.74, 6) is 0.604. The quantitative estimate of drug-likeness (QED) is 0.661. The summed E-state index contributed by atoms with van der Waals surface area (Å²) in [5, 5.41) is 3.03. The van der Waals surface area contributed by atoms with E-state index in [0.29, 0.717) is 13.0 Å². The number of ether oxygens (including phenoxy) is 1. The van der Waals surface area contributed by atoms with Crippen molar-refractivity contribution in [2.24, 2.45) is 0 Å². The third-order valence-electron chi connectivity index (χ3n) is 5.10. The number of amides is 2. The molecule has 0 unspecified atom stereocenters. The number of rotatable bonds is 10. The molecule has 5 nitrogen and oxygen atoms in total. The van der Waals surface area contributed by atoms with Crippen molar-refractivity contribution in [3.8, 4) is 5.75 Å². The maximum atomic E-state index is 13.2. The SMILES string of the molecule is CC[C@H](C)NC(=O)[C@H](CC)N(Cc1ccc(OC)cc1)C(=O)Cc1ccccc1. The second-order valence-corrected chi connectivity index (χ2v) is 7.27. The fourth-order valence-electron chi connectivity index (χ4n) is 3.16. The summed E-state index contributed by atoms with van der Waals surface area (Å²) in [6.45, 7) is 6.32. The van der Waals surface area contributed by atoms with Crippen LogP contribution in [0.15, 0.2) is 54.6 Å². The normalized spacial score (nSPS) is 12.7. The van der Waals surface area contributed by atoms with Gasteiger partial charge in [-0.25, -0.2) is 0 Å². The van der Waals surface area contributed by atoms with Gasteiger partial charge >= 0.3 is 0 Å². The van der Waals surface area contributed by atoms with Crippen LogP contribution in [0.5, 0.6) is 5.75 Å². The molecule has 0 spiro atoms. The highest BCUT2D eigenvalue weighted by atomic mass is 16.5. The number of methoxy groups -OCH3 is 1. The first-order valence-electron chi connectivity index (χ1n) is 10.2. The lowest BCUT2D eigenvalue weighted by Gasteiger charge is -2.31. The summed E-state index contributed by atoms with van der Waals surface area (Å²) in [6, 6.07) is 16.8. The van der Waals surface area contributed by atoms with Crippen molar-refractivity contribution in [3.05, 3.63) is 65.7 Å². The van der Waals surface area contributed by atoms with E-state index in [0.717, 1.165) is 23.3 Å². The van der Waals surface area contributed by atoms with Crippen molar-refractivity contribution in [1.82, 2.24) is 10.2 Å². The first-order chi connectivity index (χ1) is 14.0. The number of hydrogen-bond donors (Lipinski definition) is 1. The molecule has 2 aromatic rings. The lowest BCUT2D eigenvalue weighted by molar-refractivity contribution is -0.141. The molecule has 2 rings (SSSR count). The van der Waals surface area contributed by atoms with Gasteiger partial charge in [0.05, 0.1) is 13.5 Å². The topological polar surface area (TPSA) is 58.6 Å². The summed E-state index contributed by atoms with van der Waals surface area (Å²) in [7, 11) is 1.62. The van der Waals surface area contributed by atoms with Crippen LogP contribution in [-0.4, -0.2) is 35.9 Å². The van der Waals surface area contributed by atoms with Gasteiger partial charge in [-0.1, -0.05) is 56.3 Å². The van der Waals surface area contributed by atoms with Gasteiger partial charge in [0.2, 0.25) is 11.8 Å². The molecule has 2 aromatic carbocycles. The number of hydrogen-bond acceptors (Lipinski definition) is 3. The van der Waals surface area contributed by atoms with E-state index in [-0.39, 0.29) is 24.3 Å². The molecular weight excluding hydrogens is 364 g/mol. The van der Waals surface area contributed by atoms with Crippen molar-refractivity contribution in [2.75, 3.05) is 7.11 Å². The van der Waals surface area contributed by atoms with Crippen molar-refractivity contribution < 1.29 is 14.3 Å². The lowest BCUT2D eigenvalue weighted by atomic mass is 10.1. The van der Waals surface area contributed by atoms with Crippen LogP contribution in [0.2, 0.25) is 0 Å². The minimum Gasteiger partial charge on any atom is -0.497 e. The molecular formula is C24H32N2O3. The van der Waals surface area contributed by atoms with Crippen LogP contribution in [0.3, 0.4) is 0 Å². The lowest BCUT2D eigenvalue weighted by Crippen LogP contribution is -2.51. The first-order valence-corrected chi connectivity index (χ1v) is 10.2. The van der Waals surface area contributed by atoms with Crippen molar-refractivity contribution in [2.45, 2.75) is 58.7 Å². The van der Waals surface area contributed by atoms with Gasteiger partial charge in [0.1, 0.15) is 11.8 Å². The van der Waals surface area contributed by atoms with Gasteiger partial charge in [0, 0.05) is 12.6 Å². The Hall–Kier alpha value is -2.82. The van der Waals surface area contributed by atoms with Gasteiger partial charge in [0.15, 0.2) is 0 Å². The summed E-state index contributed by atoms with van der Waals surface area (Å²) >= 11 is 0. The Morgan fingerprint density at radius 2 is 1.62 bits per heavy atom. The Morgan fingerprint density at radius 1 is 0.966 bits per heavy atom. The molecule has 0 aliphatic carbocycles. The largest absolute Gasteiger partial charge is 0.497 e. The molecule has 1 N–H and O–H groups in total. The number of nitrogens with zero attached hydrogens (tertiary/aromatic N) is 1. The zero-order valence-corrected chi connectivity index (χ0v) is 17.9. The molecule has 0 bridgehead atoms. The molecule has 2 atom stereocenters. The summed E-state index contributed by atoms with van der Waals surface area (Å²) < 4.78 is 5.22. The number of carbonyl (C=O) groups excluding carboxylic acids is 2. The molecule has 0 saturated heterocycles. The predicted molar refractivity (Wildman–Crippen MR) is 116 cm³/mol. The van der Waals surface area contributed by atoms with E-state index in [4.69, 9.17) is 4.74 Å². The number of carbonyl (C=O) groups is 2. The zero-order chi connectivity index (χ0) is 21.2. The zero-order valence-electron chi connectivity index (χ0n) is 17.9. The first kappa shape index (κ1) is 22.5. The Morgan fingerprint density at radius 3 is 2.17 bits per heavy atom. The van der Waals surface area contributed by atoms with Crippen LogP contribution in [0.25, 0.3) is 0 Å². The monoisotopic (exact) mass is 396 g/mol. The maximum Gasteiger partial charge on any atom is 0.243 e. The number of benzene rings is 2. The second kappa shape index (κ2) is 11.2. The number of nitrogens with one attached hydrogen (secondary N) is 1. The highest BCUT2D eigenvalue weighted by Crippen LogP contribution is 2.17. The van der Waals surface area contributed by atoms with Crippen LogP contribution in [-0.2, 0) is 22.6 Å². The summed E-state index contributed by atoms with van der Waals surface area (Å²) in [5.41, 5.74) is 1.90. The maximum absolute atomic E-state index is 13.2. The summed E-state index contributed by atoms with van der Waals surface area (Å²) in [4.78, 5) is 27.8. The predicted octanol–water partition coefficient (Wildman–Crippen LogP) is 3.96. The van der Waals surface area contributed by atoms with E-state index in [9.17, 15) is 9.59 Å². The van der Waals surface area contributed by atoms with Gasteiger partial charge in [-0.2, -0.15) is 0 Å². The van der Waals surface area contributed by atoms with Gasteiger partial charge in [-0.05, 0) is 43.0 Å². The van der Waals surface area contributed by atoms with E-state index >= 15 is 0 Å². The standard InChI is InChI=1S/C24H32N2O3/c1-5-18(3)25-24(28)22(6-2)26(17-20-12-14-21(29-4)15-13-20)23(27)16-19-10-8-7-9-11-19/h7-15,18,22H,5-6,16-17H2,1-4H3,(H,25,28)/t18-,22-/m0/s1.